The van der Waals surface area contributed by atoms with Gasteiger partial charge in [0.15, 0.2) is 11.6 Å². The van der Waals surface area contributed by atoms with Crippen molar-refractivity contribution in [3.05, 3.63) is 42.4 Å². The van der Waals surface area contributed by atoms with Crippen LogP contribution in [0.1, 0.15) is 31.9 Å². The van der Waals surface area contributed by atoms with Crippen molar-refractivity contribution in [2.45, 2.75) is 32.2 Å². The molecule has 0 aromatic carbocycles. The van der Waals surface area contributed by atoms with Gasteiger partial charge in [0.2, 0.25) is 5.91 Å². The summed E-state index contributed by atoms with van der Waals surface area (Å²) in [4.78, 5) is 18.7. The van der Waals surface area contributed by atoms with Crippen molar-refractivity contribution in [2.75, 3.05) is 42.5 Å². The lowest BCUT2D eigenvalue weighted by atomic mass is 10.0. The minimum absolute atomic E-state index is 0.0107. The molecule has 2 fully saturated rings. The quantitative estimate of drug-likeness (QED) is 0.759. The van der Waals surface area contributed by atoms with Crippen molar-refractivity contribution >= 4 is 23.6 Å². The van der Waals surface area contributed by atoms with Crippen molar-refractivity contribution in [1.29, 1.82) is 0 Å². The number of carbonyl (C=O) groups excluding carboxylic acids is 1. The molecular weight excluding hydrogens is 354 g/mol. The van der Waals surface area contributed by atoms with E-state index in [2.05, 4.69) is 39.1 Å². The molecule has 0 N–H and O–H groups in total. The van der Waals surface area contributed by atoms with Gasteiger partial charge in [-0.15, -0.1) is 10.2 Å². The summed E-state index contributed by atoms with van der Waals surface area (Å²) >= 11 is 0. The smallest absolute Gasteiger partial charge is 0.246 e. The summed E-state index contributed by atoms with van der Waals surface area (Å²) in [6.45, 7) is 6.18. The van der Waals surface area contributed by atoms with Crippen molar-refractivity contribution in [2.24, 2.45) is 0 Å². The number of hydrogen-bond acceptors (Lipinski definition) is 6. The second-order valence-corrected chi connectivity index (χ2v) is 7.45. The number of furan rings is 1. The molecule has 2 saturated heterocycles. The van der Waals surface area contributed by atoms with E-state index < -0.39 is 0 Å². The third-order valence-electron chi connectivity index (χ3n) is 5.58. The van der Waals surface area contributed by atoms with E-state index in [0.717, 1.165) is 31.3 Å². The fourth-order valence-corrected chi connectivity index (χ4v) is 3.88. The van der Waals surface area contributed by atoms with Crippen LogP contribution in [0.15, 0.2) is 41.0 Å². The Hall–Kier alpha value is -2.83. The molecule has 7 heteroatoms. The molecule has 1 amide bonds. The normalized spacial score (nSPS) is 20.8. The summed E-state index contributed by atoms with van der Waals surface area (Å²) in [6.07, 6.45) is 8.61. The van der Waals surface area contributed by atoms with Crippen LogP contribution in [0.3, 0.4) is 0 Å². The number of hydrogen-bond donors (Lipinski definition) is 0. The van der Waals surface area contributed by atoms with Gasteiger partial charge >= 0.3 is 0 Å². The van der Waals surface area contributed by atoms with Gasteiger partial charge in [-0.2, -0.15) is 0 Å². The van der Waals surface area contributed by atoms with E-state index in [1.807, 2.05) is 11.0 Å². The molecule has 148 valence electrons. The van der Waals surface area contributed by atoms with Gasteiger partial charge in [0.05, 0.1) is 6.26 Å². The van der Waals surface area contributed by atoms with E-state index >= 15 is 0 Å². The van der Waals surface area contributed by atoms with E-state index in [0.29, 0.717) is 24.9 Å². The first-order chi connectivity index (χ1) is 13.7. The first kappa shape index (κ1) is 18.5. The average molecular weight is 381 g/mol. The van der Waals surface area contributed by atoms with Crippen LogP contribution in [0.2, 0.25) is 0 Å². The lowest BCUT2D eigenvalue weighted by Crippen LogP contribution is -2.48. The number of aromatic nitrogens is 2. The van der Waals surface area contributed by atoms with Crippen LogP contribution in [0.25, 0.3) is 6.08 Å². The predicted octanol–water partition coefficient (Wildman–Crippen LogP) is 2.81. The Morgan fingerprint density at radius 2 is 1.86 bits per heavy atom. The molecule has 0 unspecified atom stereocenters. The van der Waals surface area contributed by atoms with Crippen molar-refractivity contribution in [1.82, 2.24) is 15.1 Å². The minimum atomic E-state index is 0.0107. The number of piperidine rings is 1. The molecule has 4 rings (SSSR count). The van der Waals surface area contributed by atoms with Gasteiger partial charge in [-0.1, -0.05) is 0 Å². The lowest BCUT2D eigenvalue weighted by Gasteiger charge is -2.36. The number of nitrogens with zero attached hydrogens (tertiary/aromatic N) is 5. The molecule has 0 aliphatic carbocycles. The third kappa shape index (κ3) is 4.18. The number of piperazine rings is 1. The van der Waals surface area contributed by atoms with Crippen molar-refractivity contribution in [3.8, 4) is 0 Å². The molecule has 2 aliphatic rings. The standard InChI is InChI=1S/C21H27N5O2/c1-17-5-2-3-11-26(17)20-9-8-19(22-23-20)24-12-14-25(15-13-24)21(27)10-7-18-6-4-16-28-18/h4,6-10,16-17H,2-3,5,11-15H2,1H3/b10-7+/t17-/m1/s1. The third-order valence-corrected chi connectivity index (χ3v) is 5.58. The van der Waals surface area contributed by atoms with E-state index in [-0.39, 0.29) is 5.91 Å². The van der Waals surface area contributed by atoms with Crippen LogP contribution in [-0.2, 0) is 4.79 Å². The zero-order valence-electron chi connectivity index (χ0n) is 16.3. The number of anilines is 2. The van der Waals surface area contributed by atoms with Crippen LogP contribution >= 0.6 is 0 Å². The summed E-state index contributed by atoms with van der Waals surface area (Å²) in [7, 11) is 0. The Kier molecular flexibility index (Phi) is 5.60. The van der Waals surface area contributed by atoms with Gasteiger partial charge in [0, 0.05) is 44.8 Å². The maximum absolute atomic E-state index is 12.3. The van der Waals surface area contributed by atoms with E-state index in [9.17, 15) is 4.79 Å². The Balaban J connectivity index is 1.31. The van der Waals surface area contributed by atoms with Gasteiger partial charge < -0.3 is 19.1 Å². The molecule has 1 atom stereocenters. The maximum Gasteiger partial charge on any atom is 0.246 e. The SMILES string of the molecule is C[C@@H]1CCCCN1c1ccc(N2CCN(C(=O)/C=C/c3ccco3)CC2)nn1. The maximum atomic E-state index is 12.3. The molecule has 2 aromatic heterocycles. The van der Waals surface area contributed by atoms with Crippen LogP contribution in [-0.4, -0.2) is 59.8 Å². The zero-order valence-corrected chi connectivity index (χ0v) is 16.3. The van der Waals surface area contributed by atoms with Crippen LogP contribution in [0.4, 0.5) is 11.6 Å². The molecular formula is C21H27N5O2. The monoisotopic (exact) mass is 381 g/mol. The Morgan fingerprint density at radius 1 is 1.07 bits per heavy atom. The molecule has 0 spiro atoms. The minimum Gasteiger partial charge on any atom is -0.465 e. The molecule has 0 bridgehead atoms. The molecule has 28 heavy (non-hydrogen) atoms. The molecule has 2 aliphatic heterocycles. The summed E-state index contributed by atoms with van der Waals surface area (Å²) in [5.41, 5.74) is 0. The summed E-state index contributed by atoms with van der Waals surface area (Å²) in [5.74, 6) is 2.54. The molecule has 0 radical (unpaired) electrons. The van der Waals surface area contributed by atoms with Crippen LogP contribution in [0, 0.1) is 0 Å². The van der Waals surface area contributed by atoms with Crippen molar-refractivity contribution < 1.29 is 9.21 Å². The summed E-state index contributed by atoms with van der Waals surface area (Å²) in [6, 6.07) is 8.29. The highest BCUT2D eigenvalue weighted by Crippen LogP contribution is 2.23. The van der Waals surface area contributed by atoms with Gasteiger partial charge in [0.25, 0.3) is 0 Å². The molecule has 0 saturated carbocycles. The number of carbonyl (C=O) groups is 1. The fourth-order valence-electron chi connectivity index (χ4n) is 3.88. The molecule has 4 heterocycles. The highest BCUT2D eigenvalue weighted by atomic mass is 16.3. The Bertz CT molecular complexity index is 795. The van der Waals surface area contributed by atoms with Gasteiger partial charge in [-0.05, 0) is 56.5 Å². The predicted molar refractivity (Wildman–Crippen MR) is 109 cm³/mol. The number of rotatable bonds is 4. The lowest BCUT2D eigenvalue weighted by molar-refractivity contribution is -0.126. The highest BCUT2D eigenvalue weighted by Gasteiger charge is 2.23. The van der Waals surface area contributed by atoms with E-state index in [1.54, 1.807) is 24.5 Å². The highest BCUT2D eigenvalue weighted by molar-refractivity contribution is 5.91. The number of amides is 1. The largest absolute Gasteiger partial charge is 0.465 e. The summed E-state index contributed by atoms with van der Waals surface area (Å²) in [5, 5.41) is 8.93. The van der Waals surface area contributed by atoms with Crippen molar-refractivity contribution in [3.63, 3.8) is 0 Å². The molecule has 7 nitrogen and oxygen atoms in total. The van der Waals surface area contributed by atoms with Gasteiger partial charge in [0.1, 0.15) is 5.76 Å². The zero-order chi connectivity index (χ0) is 19.3. The first-order valence-electron chi connectivity index (χ1n) is 10.1. The van der Waals surface area contributed by atoms with E-state index in [4.69, 9.17) is 4.42 Å². The second kappa shape index (κ2) is 8.46. The average Bonchev–Trinajstić information content (AvgIpc) is 3.26. The topological polar surface area (TPSA) is 65.7 Å². The first-order valence-corrected chi connectivity index (χ1v) is 10.1. The van der Waals surface area contributed by atoms with Crippen LogP contribution in [0.5, 0.6) is 0 Å². The summed E-state index contributed by atoms with van der Waals surface area (Å²) < 4.78 is 5.22. The Labute approximate surface area is 165 Å². The fraction of sp³-hybridized carbons (Fsp3) is 0.476. The van der Waals surface area contributed by atoms with E-state index in [1.165, 1.54) is 19.3 Å². The van der Waals surface area contributed by atoms with Gasteiger partial charge in [-0.25, -0.2) is 0 Å². The molecule has 2 aromatic rings. The van der Waals surface area contributed by atoms with Crippen LogP contribution < -0.4 is 9.80 Å². The Morgan fingerprint density at radius 3 is 2.54 bits per heavy atom. The van der Waals surface area contributed by atoms with Gasteiger partial charge in [-0.3, -0.25) is 4.79 Å². The second-order valence-electron chi connectivity index (χ2n) is 7.45.